The molecule has 1 amide bonds. The maximum atomic E-state index is 13.0. The number of amides is 1. The van der Waals surface area contributed by atoms with Gasteiger partial charge < -0.3 is 15.4 Å². The molecule has 0 bridgehead atoms. The van der Waals surface area contributed by atoms with Crippen LogP contribution < -0.4 is 15.4 Å². The number of ether oxygens (including phenoxy) is 1. The third-order valence-corrected chi connectivity index (χ3v) is 5.82. The van der Waals surface area contributed by atoms with E-state index in [-0.39, 0.29) is 17.0 Å². The summed E-state index contributed by atoms with van der Waals surface area (Å²) in [5, 5.41) is 14.4. The zero-order chi connectivity index (χ0) is 19.9. The van der Waals surface area contributed by atoms with E-state index < -0.39 is 0 Å². The van der Waals surface area contributed by atoms with Crippen molar-refractivity contribution in [3.63, 3.8) is 0 Å². The molecule has 0 saturated carbocycles. The van der Waals surface area contributed by atoms with Crippen molar-refractivity contribution >= 4 is 39.8 Å². The van der Waals surface area contributed by atoms with Gasteiger partial charge in [-0.2, -0.15) is 0 Å². The van der Waals surface area contributed by atoms with Crippen LogP contribution in [0, 0.1) is 5.82 Å². The molecule has 2 aromatic carbocycles. The first-order chi connectivity index (χ1) is 13.5. The first-order valence-corrected chi connectivity index (χ1v) is 10.2. The van der Waals surface area contributed by atoms with Gasteiger partial charge >= 0.3 is 0 Å². The van der Waals surface area contributed by atoms with E-state index >= 15 is 0 Å². The number of carbonyl (C=O) groups is 1. The summed E-state index contributed by atoms with van der Waals surface area (Å²) in [6.07, 6.45) is 0. The number of anilines is 2. The van der Waals surface area contributed by atoms with Crippen LogP contribution in [0.3, 0.4) is 0 Å². The minimum Gasteiger partial charge on any atom is -0.496 e. The number of aromatic nitrogens is 2. The van der Waals surface area contributed by atoms with Crippen molar-refractivity contribution in [1.29, 1.82) is 0 Å². The number of nitrogens with zero attached hydrogens (tertiary/aromatic N) is 2. The van der Waals surface area contributed by atoms with Crippen LogP contribution in [0.1, 0.15) is 12.5 Å². The van der Waals surface area contributed by atoms with Gasteiger partial charge in [-0.25, -0.2) is 4.39 Å². The molecule has 1 atom stereocenters. The molecule has 3 aromatic rings. The molecule has 0 fully saturated rings. The molecule has 0 spiro atoms. The second-order valence-corrected chi connectivity index (χ2v) is 8.36. The summed E-state index contributed by atoms with van der Waals surface area (Å²) < 4.78 is 18.9. The predicted octanol–water partition coefficient (Wildman–Crippen LogP) is 4.23. The van der Waals surface area contributed by atoms with E-state index in [1.807, 2.05) is 31.2 Å². The number of rotatable bonds is 8. The zero-order valence-electron chi connectivity index (χ0n) is 15.3. The molecule has 0 aliphatic carbocycles. The molecule has 0 unspecified atom stereocenters. The summed E-state index contributed by atoms with van der Waals surface area (Å²) in [6.45, 7) is 2.21. The van der Waals surface area contributed by atoms with Gasteiger partial charge in [0.15, 0.2) is 4.34 Å². The highest BCUT2D eigenvalue weighted by Crippen LogP contribution is 2.30. The van der Waals surface area contributed by atoms with Crippen LogP contribution in [0.4, 0.5) is 15.2 Å². The smallest absolute Gasteiger partial charge is 0.233 e. The third kappa shape index (κ3) is 5.43. The summed E-state index contributed by atoms with van der Waals surface area (Å²) in [6, 6.07) is 13.5. The number of para-hydroxylation sites is 1. The Morgan fingerprint density at radius 1 is 1.21 bits per heavy atom. The molecule has 6 nitrogen and oxygen atoms in total. The Morgan fingerprint density at radius 2 is 1.96 bits per heavy atom. The van der Waals surface area contributed by atoms with E-state index in [4.69, 9.17) is 4.74 Å². The average Bonchev–Trinajstić information content (AvgIpc) is 3.14. The first-order valence-electron chi connectivity index (χ1n) is 8.47. The molecular formula is C19H19FN4O2S2. The normalized spacial score (nSPS) is 11.7. The Hall–Kier alpha value is -2.65. The lowest BCUT2D eigenvalue weighted by Gasteiger charge is -2.12. The van der Waals surface area contributed by atoms with Gasteiger partial charge in [0.2, 0.25) is 11.0 Å². The van der Waals surface area contributed by atoms with Crippen LogP contribution in [0.5, 0.6) is 5.75 Å². The number of hydrogen-bond donors (Lipinski definition) is 2. The largest absolute Gasteiger partial charge is 0.496 e. The van der Waals surface area contributed by atoms with E-state index in [1.54, 1.807) is 19.2 Å². The van der Waals surface area contributed by atoms with Gasteiger partial charge in [-0.3, -0.25) is 4.79 Å². The highest BCUT2D eigenvalue weighted by atomic mass is 32.2. The van der Waals surface area contributed by atoms with Crippen LogP contribution in [0.25, 0.3) is 0 Å². The van der Waals surface area contributed by atoms with Crippen molar-refractivity contribution in [3.05, 3.63) is 59.9 Å². The number of hydrogen-bond acceptors (Lipinski definition) is 7. The van der Waals surface area contributed by atoms with Gasteiger partial charge in [-0.05, 0) is 37.3 Å². The molecule has 0 aliphatic rings. The summed E-state index contributed by atoms with van der Waals surface area (Å²) in [5.41, 5.74) is 1.63. The number of carbonyl (C=O) groups excluding carboxylic acids is 1. The predicted molar refractivity (Wildman–Crippen MR) is 110 cm³/mol. The molecule has 0 aliphatic heterocycles. The lowest BCUT2D eigenvalue weighted by Crippen LogP contribution is -2.30. The fourth-order valence-corrected chi connectivity index (χ4v) is 4.29. The monoisotopic (exact) mass is 418 g/mol. The molecule has 0 saturated heterocycles. The van der Waals surface area contributed by atoms with Crippen molar-refractivity contribution < 1.29 is 13.9 Å². The van der Waals surface area contributed by atoms with Crippen molar-refractivity contribution in [2.24, 2.45) is 0 Å². The van der Waals surface area contributed by atoms with E-state index in [9.17, 15) is 9.18 Å². The van der Waals surface area contributed by atoms with Gasteiger partial charge in [0, 0.05) is 17.8 Å². The minimum absolute atomic E-state index is 0.0980. The topological polar surface area (TPSA) is 76.1 Å². The molecule has 3 rings (SSSR count). The highest BCUT2D eigenvalue weighted by molar-refractivity contribution is 8.02. The van der Waals surface area contributed by atoms with Gasteiger partial charge in [0.25, 0.3) is 0 Å². The molecular weight excluding hydrogens is 399 g/mol. The van der Waals surface area contributed by atoms with E-state index in [0.29, 0.717) is 16.0 Å². The highest BCUT2D eigenvalue weighted by Gasteiger charge is 2.17. The van der Waals surface area contributed by atoms with E-state index in [0.717, 1.165) is 17.0 Å². The fraction of sp³-hybridized carbons (Fsp3) is 0.211. The first kappa shape index (κ1) is 20.1. The standard InChI is InChI=1S/C19H19FN4O2S2/c1-12(17(25)21-11-13-5-3-4-6-16(13)26-2)27-19-24-23-18(28-19)22-15-9-7-14(20)8-10-15/h3-10,12H,11H2,1-2H3,(H,21,25)(H,22,23)/t12-/m0/s1. The van der Waals surface area contributed by atoms with E-state index in [1.165, 1.54) is 35.2 Å². The number of methoxy groups -OCH3 is 1. The van der Waals surface area contributed by atoms with Gasteiger partial charge in [0.1, 0.15) is 11.6 Å². The number of halogens is 1. The van der Waals surface area contributed by atoms with Gasteiger partial charge in [-0.1, -0.05) is 41.3 Å². The Balaban J connectivity index is 1.52. The number of thioether (sulfide) groups is 1. The second kappa shape index (κ2) is 9.52. The Kier molecular flexibility index (Phi) is 6.83. The second-order valence-electron chi connectivity index (χ2n) is 5.79. The quantitative estimate of drug-likeness (QED) is 0.533. The van der Waals surface area contributed by atoms with Gasteiger partial charge in [-0.15, -0.1) is 10.2 Å². The number of nitrogens with one attached hydrogen (secondary N) is 2. The lowest BCUT2D eigenvalue weighted by molar-refractivity contribution is -0.120. The molecule has 0 radical (unpaired) electrons. The Morgan fingerprint density at radius 3 is 2.71 bits per heavy atom. The molecule has 1 aromatic heterocycles. The minimum atomic E-state index is -0.332. The third-order valence-electron chi connectivity index (χ3n) is 3.79. The molecule has 1 heterocycles. The van der Waals surface area contributed by atoms with Crippen LogP contribution in [-0.4, -0.2) is 28.5 Å². The molecule has 146 valence electrons. The maximum absolute atomic E-state index is 13.0. The summed E-state index contributed by atoms with van der Waals surface area (Å²) >= 11 is 2.67. The number of benzene rings is 2. The van der Waals surface area contributed by atoms with Crippen molar-refractivity contribution in [3.8, 4) is 5.75 Å². The Labute approximate surface area is 170 Å². The molecule has 2 N–H and O–H groups in total. The maximum Gasteiger partial charge on any atom is 0.233 e. The lowest BCUT2D eigenvalue weighted by atomic mass is 10.2. The summed E-state index contributed by atoms with van der Waals surface area (Å²) in [7, 11) is 1.60. The summed E-state index contributed by atoms with van der Waals surface area (Å²) in [5.74, 6) is 0.343. The Bertz CT molecular complexity index is 934. The van der Waals surface area contributed by atoms with Crippen LogP contribution in [0.15, 0.2) is 52.9 Å². The van der Waals surface area contributed by atoms with E-state index in [2.05, 4.69) is 20.8 Å². The van der Waals surface area contributed by atoms with Crippen molar-refractivity contribution in [2.45, 2.75) is 23.1 Å². The van der Waals surface area contributed by atoms with Crippen molar-refractivity contribution in [2.75, 3.05) is 12.4 Å². The SMILES string of the molecule is COc1ccccc1CNC(=O)[C@H](C)Sc1nnc(Nc2ccc(F)cc2)s1. The van der Waals surface area contributed by atoms with Crippen LogP contribution in [-0.2, 0) is 11.3 Å². The zero-order valence-corrected chi connectivity index (χ0v) is 16.9. The fourth-order valence-electron chi connectivity index (χ4n) is 2.34. The average molecular weight is 419 g/mol. The molecule has 9 heteroatoms. The van der Waals surface area contributed by atoms with Gasteiger partial charge in [0.05, 0.1) is 12.4 Å². The van der Waals surface area contributed by atoms with Crippen LogP contribution in [0.2, 0.25) is 0 Å². The summed E-state index contributed by atoms with van der Waals surface area (Å²) in [4.78, 5) is 12.4. The van der Waals surface area contributed by atoms with Crippen LogP contribution >= 0.6 is 23.1 Å². The molecule has 28 heavy (non-hydrogen) atoms. The van der Waals surface area contributed by atoms with Crippen molar-refractivity contribution in [1.82, 2.24) is 15.5 Å².